The monoisotopic (exact) mass is 427 g/mol. The van der Waals surface area contributed by atoms with Crippen LogP contribution in [0.1, 0.15) is 29.3 Å². The molecule has 10 heteroatoms. The lowest BCUT2D eigenvalue weighted by Gasteiger charge is -2.20. The Morgan fingerprint density at radius 2 is 2.07 bits per heavy atom. The van der Waals surface area contributed by atoms with Crippen LogP contribution in [0.15, 0.2) is 22.5 Å². The Morgan fingerprint density at radius 3 is 2.67 bits per heavy atom. The van der Waals surface area contributed by atoms with Gasteiger partial charge in [-0.1, -0.05) is 6.07 Å². The molecule has 146 valence electrons. The fourth-order valence-corrected chi connectivity index (χ4v) is 5.94. The number of rotatable bonds is 6. The van der Waals surface area contributed by atoms with Crippen LogP contribution in [0.4, 0.5) is 0 Å². The summed E-state index contributed by atoms with van der Waals surface area (Å²) in [4.78, 5) is 22.3. The predicted octanol–water partition coefficient (Wildman–Crippen LogP) is 2.90. The average molecular weight is 428 g/mol. The molecular weight excluding hydrogens is 406 g/mol. The first-order valence-corrected chi connectivity index (χ1v) is 11.3. The minimum atomic E-state index is -1.82. The number of carbonyl (C=O) groups is 2. The number of carboxylic acids is 2. The molecule has 0 aromatic carbocycles. The maximum atomic E-state index is 9.10. The number of hydrogen-bond donors (Lipinski definition) is 2. The fourth-order valence-electron chi connectivity index (χ4n) is 3.48. The molecule has 2 aromatic heterocycles. The molecular formula is C17H21N3O4S3. The summed E-state index contributed by atoms with van der Waals surface area (Å²) in [7, 11) is 0. The molecule has 0 spiro atoms. The summed E-state index contributed by atoms with van der Waals surface area (Å²) in [6, 6.07) is 4.37. The van der Waals surface area contributed by atoms with Gasteiger partial charge in [0.25, 0.3) is 0 Å². The molecule has 0 aliphatic carbocycles. The molecule has 3 atom stereocenters. The van der Waals surface area contributed by atoms with Crippen LogP contribution >= 0.6 is 34.8 Å². The summed E-state index contributed by atoms with van der Waals surface area (Å²) in [5, 5.41) is 18.2. The molecule has 4 rings (SSSR count). The van der Waals surface area contributed by atoms with Gasteiger partial charge in [-0.25, -0.2) is 9.59 Å². The fraction of sp³-hybridized carbons (Fsp3) is 0.529. The Morgan fingerprint density at radius 1 is 1.26 bits per heavy atom. The van der Waals surface area contributed by atoms with E-state index in [4.69, 9.17) is 19.8 Å². The Kier molecular flexibility index (Phi) is 7.22. The van der Waals surface area contributed by atoms with Crippen LogP contribution in [0.25, 0.3) is 0 Å². The molecule has 2 aromatic rings. The lowest BCUT2D eigenvalue weighted by Crippen LogP contribution is -2.22. The zero-order valence-corrected chi connectivity index (χ0v) is 17.1. The van der Waals surface area contributed by atoms with Crippen LogP contribution in [0, 0.1) is 5.92 Å². The largest absolute Gasteiger partial charge is 0.473 e. The van der Waals surface area contributed by atoms with Crippen LogP contribution in [0.3, 0.4) is 0 Å². The second-order valence-corrected chi connectivity index (χ2v) is 9.16. The van der Waals surface area contributed by atoms with Crippen LogP contribution in [-0.2, 0) is 16.0 Å². The molecule has 2 aliphatic heterocycles. The minimum absolute atomic E-state index is 0.650. The van der Waals surface area contributed by atoms with Crippen molar-refractivity contribution in [3.05, 3.63) is 28.1 Å². The maximum absolute atomic E-state index is 9.10. The SMILES string of the molecule is O=C(O)C(=O)O.c1csc(CCCSc2nsnc2C2CN3CCC2C3)c1. The summed E-state index contributed by atoms with van der Waals surface area (Å²) in [5.41, 5.74) is 1.30. The third-order valence-electron chi connectivity index (χ3n) is 4.74. The Labute approximate surface area is 169 Å². The van der Waals surface area contributed by atoms with Crippen molar-refractivity contribution in [3.63, 3.8) is 0 Å². The standard InChI is InChI=1S/C15H19N3S3.C2H2O4/c1-3-12(19-7-1)4-2-8-20-15-14(16-21-17-15)13-10-18-6-5-11(13)9-18;3-1(4)2(5)6/h1,3,7,11,13H,2,4-6,8-10H2;(H,3,4)(H,5,6). The molecule has 3 unspecified atom stereocenters. The van der Waals surface area contributed by atoms with Crippen molar-refractivity contribution >= 4 is 46.8 Å². The number of aryl methyl sites for hydroxylation is 1. The number of carboxylic acid groups (broad SMARTS) is 2. The first-order valence-electron chi connectivity index (χ1n) is 8.70. The van der Waals surface area contributed by atoms with Gasteiger partial charge in [-0.3, -0.25) is 0 Å². The van der Waals surface area contributed by atoms with E-state index >= 15 is 0 Å². The summed E-state index contributed by atoms with van der Waals surface area (Å²) < 4.78 is 9.19. The third kappa shape index (κ3) is 5.50. The summed E-state index contributed by atoms with van der Waals surface area (Å²) >= 11 is 5.17. The highest BCUT2D eigenvalue weighted by atomic mass is 32.2. The molecule has 0 saturated carbocycles. The van der Waals surface area contributed by atoms with Gasteiger partial charge in [0.1, 0.15) is 5.03 Å². The van der Waals surface area contributed by atoms with Gasteiger partial charge in [-0.2, -0.15) is 8.75 Å². The Balaban J connectivity index is 0.000000307. The quantitative estimate of drug-likeness (QED) is 0.412. The van der Waals surface area contributed by atoms with E-state index in [9.17, 15) is 0 Å². The third-order valence-corrected chi connectivity index (χ3v) is 7.40. The summed E-state index contributed by atoms with van der Waals surface area (Å²) in [5.74, 6) is -1.01. The van der Waals surface area contributed by atoms with Gasteiger partial charge in [0.05, 0.1) is 17.4 Å². The number of aromatic nitrogens is 2. The van der Waals surface area contributed by atoms with Crippen LogP contribution in [-0.4, -0.2) is 61.2 Å². The predicted molar refractivity (Wildman–Crippen MR) is 106 cm³/mol. The van der Waals surface area contributed by atoms with Gasteiger partial charge in [0, 0.05) is 23.9 Å². The molecule has 0 amide bonds. The van der Waals surface area contributed by atoms with Gasteiger partial charge in [0.15, 0.2) is 0 Å². The lowest BCUT2D eigenvalue weighted by atomic mass is 9.90. The Hall–Kier alpha value is -1.49. The molecule has 27 heavy (non-hydrogen) atoms. The van der Waals surface area contributed by atoms with Crippen LogP contribution < -0.4 is 0 Å². The van der Waals surface area contributed by atoms with Crippen LogP contribution in [0.5, 0.6) is 0 Å². The summed E-state index contributed by atoms with van der Waals surface area (Å²) in [6.07, 6.45) is 3.77. The number of fused-ring (bicyclic) bond motifs is 2. The first kappa shape index (κ1) is 20.2. The Bertz CT molecular complexity index is 753. The normalized spacial score (nSPS) is 23.0. The van der Waals surface area contributed by atoms with Crippen molar-refractivity contribution in [1.82, 2.24) is 13.6 Å². The zero-order chi connectivity index (χ0) is 19.2. The van der Waals surface area contributed by atoms with Crippen molar-refractivity contribution in [1.29, 1.82) is 0 Å². The van der Waals surface area contributed by atoms with Crippen molar-refractivity contribution < 1.29 is 19.8 Å². The van der Waals surface area contributed by atoms with E-state index in [1.165, 1.54) is 66.2 Å². The van der Waals surface area contributed by atoms with E-state index < -0.39 is 11.9 Å². The van der Waals surface area contributed by atoms with E-state index in [1.807, 2.05) is 23.1 Å². The molecule has 2 fully saturated rings. The van der Waals surface area contributed by atoms with Crippen molar-refractivity contribution in [2.75, 3.05) is 25.4 Å². The van der Waals surface area contributed by atoms with Crippen LogP contribution in [0.2, 0.25) is 0 Å². The number of piperidine rings is 1. The summed E-state index contributed by atoms with van der Waals surface area (Å²) in [6.45, 7) is 3.78. The second-order valence-electron chi connectivity index (χ2n) is 6.51. The second kappa shape index (κ2) is 9.63. The first-order chi connectivity index (χ1) is 13.0. The van der Waals surface area contributed by atoms with Crippen molar-refractivity contribution in [2.24, 2.45) is 5.92 Å². The van der Waals surface area contributed by atoms with E-state index in [-0.39, 0.29) is 0 Å². The smallest absolute Gasteiger partial charge is 0.414 e. The highest BCUT2D eigenvalue weighted by Crippen LogP contribution is 2.42. The zero-order valence-electron chi connectivity index (χ0n) is 14.6. The average Bonchev–Trinajstić information content (AvgIpc) is 3.44. The molecule has 2 saturated heterocycles. The van der Waals surface area contributed by atoms with Gasteiger partial charge in [0.2, 0.25) is 0 Å². The van der Waals surface area contributed by atoms with E-state index in [2.05, 4.69) is 31.2 Å². The maximum Gasteiger partial charge on any atom is 0.414 e. The van der Waals surface area contributed by atoms with E-state index in [0.717, 1.165) is 11.7 Å². The van der Waals surface area contributed by atoms with Gasteiger partial charge >= 0.3 is 11.9 Å². The number of hydrogen-bond acceptors (Lipinski definition) is 8. The van der Waals surface area contributed by atoms with Gasteiger partial charge < -0.3 is 15.1 Å². The van der Waals surface area contributed by atoms with Crippen molar-refractivity contribution in [3.8, 4) is 0 Å². The number of thiophene rings is 1. The van der Waals surface area contributed by atoms with Gasteiger partial charge in [-0.15, -0.1) is 23.1 Å². The number of nitrogens with zero attached hydrogens (tertiary/aromatic N) is 3. The molecule has 2 N–H and O–H groups in total. The highest BCUT2D eigenvalue weighted by Gasteiger charge is 2.41. The number of thioether (sulfide) groups is 1. The lowest BCUT2D eigenvalue weighted by molar-refractivity contribution is -0.159. The van der Waals surface area contributed by atoms with Crippen molar-refractivity contribution in [2.45, 2.75) is 30.2 Å². The molecule has 0 radical (unpaired) electrons. The highest BCUT2D eigenvalue weighted by molar-refractivity contribution is 7.99. The molecule has 2 aliphatic rings. The molecule has 2 bridgehead atoms. The molecule has 7 nitrogen and oxygen atoms in total. The topological polar surface area (TPSA) is 104 Å². The minimum Gasteiger partial charge on any atom is -0.473 e. The van der Waals surface area contributed by atoms with E-state index in [0.29, 0.717) is 5.92 Å². The van der Waals surface area contributed by atoms with E-state index in [1.54, 1.807) is 0 Å². The van der Waals surface area contributed by atoms with Gasteiger partial charge in [-0.05, 0) is 48.9 Å². The molecule has 4 heterocycles. The number of aliphatic carboxylic acids is 2.